The monoisotopic (exact) mass is 444 g/mol. The number of fused-ring (bicyclic) bond motifs is 1. The number of hydrogen-bond acceptors (Lipinski definition) is 6. The van der Waals surface area contributed by atoms with Gasteiger partial charge in [-0.05, 0) is 47.4 Å². The fourth-order valence-electron chi connectivity index (χ4n) is 3.58. The van der Waals surface area contributed by atoms with Crippen molar-refractivity contribution in [1.82, 2.24) is 10.3 Å². The summed E-state index contributed by atoms with van der Waals surface area (Å²) in [6, 6.07) is 23.7. The molecule has 0 aliphatic carbocycles. The Kier molecular flexibility index (Phi) is 5.64. The van der Waals surface area contributed by atoms with Gasteiger partial charge in [0.1, 0.15) is 17.9 Å². The van der Waals surface area contributed by atoms with Crippen LogP contribution in [-0.2, 0) is 24.2 Å². The maximum Gasteiger partial charge on any atom is 0.286 e. The van der Waals surface area contributed by atoms with E-state index in [1.807, 2.05) is 72.8 Å². The molecule has 160 valence electrons. The van der Waals surface area contributed by atoms with Gasteiger partial charge in [0.2, 0.25) is 5.91 Å². The third-order valence-electron chi connectivity index (χ3n) is 5.21. The van der Waals surface area contributed by atoms with Gasteiger partial charge in [-0.15, -0.1) is 0 Å². The van der Waals surface area contributed by atoms with Crippen LogP contribution < -0.4 is 10.1 Å². The topological polar surface area (TPSA) is 81.4 Å². The Labute approximate surface area is 189 Å². The highest BCUT2D eigenvalue weighted by molar-refractivity contribution is 8.15. The van der Waals surface area contributed by atoms with Crippen LogP contribution in [0.4, 0.5) is 4.79 Å². The molecule has 0 radical (unpaired) electrons. The molecule has 0 spiro atoms. The minimum atomic E-state index is -0.394. The lowest BCUT2D eigenvalue weighted by Crippen LogP contribution is -2.25. The second-order valence-electron chi connectivity index (χ2n) is 7.59. The van der Waals surface area contributed by atoms with Gasteiger partial charge in [0.25, 0.3) is 5.24 Å². The van der Waals surface area contributed by atoms with Crippen LogP contribution in [0.1, 0.15) is 22.6 Å². The predicted molar refractivity (Wildman–Crippen MR) is 123 cm³/mol. The van der Waals surface area contributed by atoms with Gasteiger partial charge < -0.3 is 9.15 Å². The lowest BCUT2D eigenvalue weighted by Gasteiger charge is -2.06. The van der Waals surface area contributed by atoms with E-state index >= 15 is 0 Å². The number of oxazole rings is 1. The van der Waals surface area contributed by atoms with Crippen molar-refractivity contribution in [3.05, 3.63) is 95.4 Å². The molecule has 5 rings (SSSR count). The van der Waals surface area contributed by atoms with Crippen LogP contribution in [-0.4, -0.2) is 21.4 Å². The molecule has 1 aliphatic heterocycles. The number of rotatable bonds is 7. The van der Waals surface area contributed by atoms with Gasteiger partial charge in [-0.2, -0.15) is 0 Å². The number of imide groups is 1. The molecule has 1 unspecified atom stereocenters. The van der Waals surface area contributed by atoms with Crippen LogP contribution in [0.3, 0.4) is 0 Å². The summed E-state index contributed by atoms with van der Waals surface area (Å²) in [5.41, 5.74) is 4.59. The Hall–Kier alpha value is -3.58. The Bertz CT molecular complexity index is 1270. The summed E-state index contributed by atoms with van der Waals surface area (Å²) in [7, 11) is 0. The molecule has 7 heteroatoms. The van der Waals surface area contributed by atoms with Gasteiger partial charge in [0.05, 0.1) is 5.25 Å². The van der Waals surface area contributed by atoms with Gasteiger partial charge in [-0.1, -0.05) is 60.3 Å². The lowest BCUT2D eigenvalue weighted by atomic mass is 10.1. The predicted octanol–water partition coefficient (Wildman–Crippen LogP) is 4.89. The van der Waals surface area contributed by atoms with Crippen molar-refractivity contribution in [2.75, 3.05) is 0 Å². The van der Waals surface area contributed by atoms with Crippen LogP contribution >= 0.6 is 11.8 Å². The van der Waals surface area contributed by atoms with E-state index in [4.69, 9.17) is 9.15 Å². The van der Waals surface area contributed by atoms with Crippen molar-refractivity contribution >= 4 is 34.0 Å². The molecule has 0 saturated carbocycles. The van der Waals surface area contributed by atoms with Crippen molar-refractivity contribution in [2.45, 2.75) is 24.7 Å². The minimum absolute atomic E-state index is 0.239. The molecule has 2 heterocycles. The highest BCUT2D eigenvalue weighted by Crippen LogP contribution is 2.26. The fraction of sp³-hybridized carbons (Fsp3) is 0.160. The van der Waals surface area contributed by atoms with Crippen LogP contribution in [0.5, 0.6) is 5.75 Å². The number of carbonyl (C=O) groups excluding carboxylic acids is 2. The van der Waals surface area contributed by atoms with Crippen molar-refractivity contribution in [3.8, 4) is 5.75 Å². The fourth-order valence-corrected chi connectivity index (χ4v) is 4.44. The molecule has 4 aromatic rings. The molecule has 6 nitrogen and oxygen atoms in total. The van der Waals surface area contributed by atoms with Crippen LogP contribution in [0.25, 0.3) is 11.1 Å². The number of benzene rings is 3. The normalized spacial score (nSPS) is 15.8. The zero-order chi connectivity index (χ0) is 21.9. The van der Waals surface area contributed by atoms with Gasteiger partial charge in [-0.3, -0.25) is 14.9 Å². The molecule has 3 aromatic carbocycles. The van der Waals surface area contributed by atoms with Crippen LogP contribution in [0.15, 0.2) is 77.2 Å². The van der Waals surface area contributed by atoms with E-state index in [2.05, 4.69) is 10.3 Å². The average Bonchev–Trinajstić information content (AvgIpc) is 3.34. The first-order valence-electron chi connectivity index (χ1n) is 10.3. The number of nitrogens with one attached hydrogen (secondary N) is 1. The molecule has 1 N–H and O–H groups in total. The molecular weight excluding hydrogens is 424 g/mol. The van der Waals surface area contributed by atoms with E-state index in [1.165, 1.54) is 0 Å². The summed E-state index contributed by atoms with van der Waals surface area (Å²) in [6.07, 6.45) is 1.04. The summed E-state index contributed by atoms with van der Waals surface area (Å²) in [5, 5.41) is 1.63. The zero-order valence-electron chi connectivity index (χ0n) is 17.1. The number of thioether (sulfide) groups is 1. The lowest BCUT2D eigenvalue weighted by molar-refractivity contribution is -0.118. The molecular formula is C25H20N2O4S. The molecule has 1 aliphatic rings. The zero-order valence-corrected chi connectivity index (χ0v) is 17.9. The minimum Gasteiger partial charge on any atom is -0.489 e. The summed E-state index contributed by atoms with van der Waals surface area (Å²) < 4.78 is 11.7. The second kappa shape index (κ2) is 8.88. The van der Waals surface area contributed by atoms with Gasteiger partial charge in [-0.25, -0.2) is 4.98 Å². The molecule has 1 saturated heterocycles. The maximum atomic E-state index is 11.8. The summed E-state index contributed by atoms with van der Waals surface area (Å²) in [4.78, 5) is 27.8. The van der Waals surface area contributed by atoms with E-state index < -0.39 is 5.25 Å². The smallest absolute Gasteiger partial charge is 0.286 e. The first-order chi connectivity index (χ1) is 15.6. The van der Waals surface area contributed by atoms with Crippen molar-refractivity contribution in [1.29, 1.82) is 0 Å². The molecule has 0 bridgehead atoms. The quantitative estimate of drug-likeness (QED) is 0.437. The van der Waals surface area contributed by atoms with E-state index in [-0.39, 0.29) is 11.1 Å². The number of amides is 2. The third kappa shape index (κ3) is 4.68. The molecule has 32 heavy (non-hydrogen) atoms. The van der Waals surface area contributed by atoms with Crippen molar-refractivity contribution < 1.29 is 18.7 Å². The number of carbonyl (C=O) groups is 2. The standard InChI is InChI=1S/C25H20N2O4S/c28-24-22(32-25(29)27-24)13-18-8-11-21-20(12-18)26-23(31-21)14-16-6-9-19(10-7-16)30-15-17-4-2-1-3-5-17/h1-12,22H,13-15H2,(H,27,28,29). The molecule has 1 aromatic heterocycles. The second-order valence-corrected chi connectivity index (χ2v) is 8.77. The van der Waals surface area contributed by atoms with E-state index in [9.17, 15) is 9.59 Å². The van der Waals surface area contributed by atoms with Gasteiger partial charge in [0.15, 0.2) is 11.5 Å². The van der Waals surface area contributed by atoms with Gasteiger partial charge in [0, 0.05) is 6.42 Å². The van der Waals surface area contributed by atoms with Crippen LogP contribution in [0.2, 0.25) is 0 Å². The Balaban J connectivity index is 1.23. The first-order valence-corrected chi connectivity index (χ1v) is 11.2. The van der Waals surface area contributed by atoms with E-state index in [0.29, 0.717) is 30.9 Å². The SMILES string of the molecule is O=C1NC(=O)C(Cc2ccc3oc(Cc4ccc(OCc5ccccc5)cc4)nc3c2)S1. The van der Waals surface area contributed by atoms with Gasteiger partial charge >= 0.3 is 0 Å². The maximum absolute atomic E-state index is 11.8. The Morgan fingerprint density at radius 3 is 2.47 bits per heavy atom. The Morgan fingerprint density at radius 1 is 0.938 bits per heavy atom. The highest BCUT2D eigenvalue weighted by atomic mass is 32.2. The summed E-state index contributed by atoms with van der Waals surface area (Å²) in [6.45, 7) is 0.531. The van der Waals surface area contributed by atoms with Crippen molar-refractivity contribution in [3.63, 3.8) is 0 Å². The van der Waals surface area contributed by atoms with E-state index in [1.54, 1.807) is 0 Å². The number of nitrogens with zero attached hydrogens (tertiary/aromatic N) is 1. The molecule has 1 fully saturated rings. The molecule has 1 atom stereocenters. The largest absolute Gasteiger partial charge is 0.489 e. The number of ether oxygens (including phenoxy) is 1. The van der Waals surface area contributed by atoms with Crippen LogP contribution in [0, 0.1) is 0 Å². The Morgan fingerprint density at radius 2 is 1.72 bits per heavy atom. The highest BCUT2D eigenvalue weighted by Gasteiger charge is 2.31. The number of hydrogen-bond donors (Lipinski definition) is 1. The first kappa shape index (κ1) is 20.3. The summed E-state index contributed by atoms with van der Waals surface area (Å²) in [5.74, 6) is 1.20. The third-order valence-corrected chi connectivity index (χ3v) is 6.19. The average molecular weight is 445 g/mol. The summed E-state index contributed by atoms with van der Waals surface area (Å²) >= 11 is 1.03. The van der Waals surface area contributed by atoms with E-state index in [0.717, 1.165) is 39.7 Å². The van der Waals surface area contributed by atoms with Crippen molar-refractivity contribution in [2.24, 2.45) is 0 Å². The molecule has 2 amide bonds. The number of aromatic nitrogens is 1.